The molecule has 1 heterocycles. The monoisotopic (exact) mass is 265 g/mol. The zero-order chi connectivity index (χ0) is 13.2. The number of rotatable bonds is 5. The van der Waals surface area contributed by atoms with Gasteiger partial charge in [0.1, 0.15) is 0 Å². The van der Waals surface area contributed by atoms with Crippen LogP contribution in [-0.4, -0.2) is 46.1 Å². The van der Waals surface area contributed by atoms with Gasteiger partial charge in [0, 0.05) is 19.3 Å². The minimum atomic E-state index is -4.69. The molecule has 9 heteroatoms. The molecule has 96 valence electrons. The number of carboxylic acids is 1. The molecule has 1 saturated heterocycles. The smallest absolute Gasteiger partial charge is 0.303 e. The summed E-state index contributed by atoms with van der Waals surface area (Å²) in [5.74, 6) is -2.72. The van der Waals surface area contributed by atoms with Crippen molar-refractivity contribution in [3.63, 3.8) is 0 Å². The second kappa shape index (κ2) is 4.80. The van der Waals surface area contributed by atoms with E-state index in [9.17, 15) is 22.8 Å². The van der Waals surface area contributed by atoms with Gasteiger partial charge in [0.05, 0.1) is 0 Å². The molecular formula is C8H11NO7S. The molecule has 17 heavy (non-hydrogen) atoms. The van der Waals surface area contributed by atoms with Crippen LogP contribution in [0, 0.1) is 0 Å². The molecule has 0 spiro atoms. The van der Waals surface area contributed by atoms with Crippen molar-refractivity contribution >= 4 is 27.9 Å². The van der Waals surface area contributed by atoms with Crippen molar-refractivity contribution in [3.05, 3.63) is 0 Å². The number of hydrogen-bond donors (Lipinski definition) is 2. The van der Waals surface area contributed by atoms with Gasteiger partial charge in [-0.2, -0.15) is 8.42 Å². The van der Waals surface area contributed by atoms with Crippen molar-refractivity contribution in [1.29, 1.82) is 0 Å². The van der Waals surface area contributed by atoms with Crippen LogP contribution in [0.4, 0.5) is 0 Å². The van der Waals surface area contributed by atoms with Crippen molar-refractivity contribution in [2.45, 2.75) is 31.1 Å². The van der Waals surface area contributed by atoms with Gasteiger partial charge in [-0.05, 0) is 6.42 Å². The van der Waals surface area contributed by atoms with Crippen LogP contribution >= 0.6 is 0 Å². The van der Waals surface area contributed by atoms with E-state index in [-0.39, 0.29) is 12.8 Å². The van der Waals surface area contributed by atoms with Crippen molar-refractivity contribution in [2.75, 3.05) is 0 Å². The molecule has 0 saturated carbocycles. The molecular weight excluding hydrogens is 254 g/mol. The molecule has 1 aliphatic heterocycles. The van der Waals surface area contributed by atoms with Crippen LogP contribution in [0.1, 0.15) is 25.7 Å². The van der Waals surface area contributed by atoms with E-state index in [0.29, 0.717) is 4.90 Å². The van der Waals surface area contributed by atoms with Gasteiger partial charge in [-0.15, -0.1) is 0 Å². The number of imide groups is 1. The molecule has 0 aromatic rings. The Morgan fingerprint density at radius 3 is 2.12 bits per heavy atom. The first-order chi connectivity index (χ1) is 7.73. The van der Waals surface area contributed by atoms with E-state index in [1.807, 2.05) is 0 Å². The fraction of sp³-hybridized carbons (Fsp3) is 0.625. The Hall–Kier alpha value is -1.48. The molecule has 0 radical (unpaired) electrons. The van der Waals surface area contributed by atoms with Crippen LogP contribution in [0.15, 0.2) is 0 Å². The standard InChI is InChI=1S/C8H11NO7S/c10-5-1-2-6(11)9(5)7(17(14,15)16)3-4-8(12)13/h7H,1-4H2,(H,12,13)(H,14,15,16). The molecule has 1 rings (SSSR count). The van der Waals surface area contributed by atoms with Gasteiger partial charge in [-0.1, -0.05) is 0 Å². The van der Waals surface area contributed by atoms with Gasteiger partial charge >= 0.3 is 5.97 Å². The zero-order valence-electron chi connectivity index (χ0n) is 8.70. The minimum absolute atomic E-state index is 0.127. The Bertz CT molecular complexity index is 438. The summed E-state index contributed by atoms with van der Waals surface area (Å²) >= 11 is 0. The summed E-state index contributed by atoms with van der Waals surface area (Å²) in [5.41, 5.74) is 0. The van der Waals surface area contributed by atoms with Crippen molar-refractivity contribution < 1.29 is 32.5 Å². The van der Waals surface area contributed by atoms with Gasteiger partial charge in [0.25, 0.3) is 10.1 Å². The largest absolute Gasteiger partial charge is 0.481 e. The third kappa shape index (κ3) is 3.24. The Labute approximate surface area is 97.0 Å². The lowest BCUT2D eigenvalue weighted by atomic mass is 10.3. The van der Waals surface area contributed by atoms with E-state index < -0.39 is 46.1 Å². The van der Waals surface area contributed by atoms with E-state index in [1.54, 1.807) is 0 Å². The highest BCUT2D eigenvalue weighted by Crippen LogP contribution is 2.21. The second-order valence-electron chi connectivity index (χ2n) is 3.56. The third-order valence-electron chi connectivity index (χ3n) is 2.33. The average Bonchev–Trinajstić information content (AvgIpc) is 2.46. The lowest BCUT2D eigenvalue weighted by Gasteiger charge is -2.22. The van der Waals surface area contributed by atoms with Gasteiger partial charge < -0.3 is 5.11 Å². The number of hydrogen-bond acceptors (Lipinski definition) is 5. The lowest BCUT2D eigenvalue weighted by molar-refractivity contribution is -0.142. The number of nitrogens with zero attached hydrogens (tertiary/aromatic N) is 1. The average molecular weight is 265 g/mol. The number of carbonyl (C=O) groups is 3. The molecule has 1 aliphatic rings. The third-order valence-corrected chi connectivity index (χ3v) is 3.46. The summed E-state index contributed by atoms with van der Waals surface area (Å²) in [7, 11) is -4.69. The van der Waals surface area contributed by atoms with Crippen molar-refractivity contribution in [1.82, 2.24) is 4.90 Å². The van der Waals surface area contributed by atoms with Crippen LogP contribution in [0.5, 0.6) is 0 Å². The maximum Gasteiger partial charge on any atom is 0.303 e. The van der Waals surface area contributed by atoms with Crippen LogP contribution in [-0.2, 0) is 24.5 Å². The Balaban J connectivity index is 2.94. The molecule has 0 aliphatic carbocycles. The van der Waals surface area contributed by atoms with Gasteiger partial charge in [-0.3, -0.25) is 23.8 Å². The SMILES string of the molecule is O=C(O)CCC(N1C(=O)CCC1=O)S(=O)(=O)O. The lowest BCUT2D eigenvalue weighted by Crippen LogP contribution is -2.44. The first-order valence-corrected chi connectivity index (χ1v) is 6.27. The van der Waals surface area contributed by atoms with E-state index in [4.69, 9.17) is 9.66 Å². The highest BCUT2D eigenvalue weighted by atomic mass is 32.2. The van der Waals surface area contributed by atoms with Crippen LogP contribution in [0.2, 0.25) is 0 Å². The molecule has 1 unspecified atom stereocenters. The molecule has 2 amide bonds. The summed E-state index contributed by atoms with van der Waals surface area (Å²) in [4.78, 5) is 33.4. The van der Waals surface area contributed by atoms with Crippen LogP contribution < -0.4 is 0 Å². The second-order valence-corrected chi connectivity index (χ2v) is 5.13. The molecule has 2 N–H and O–H groups in total. The zero-order valence-corrected chi connectivity index (χ0v) is 9.51. The van der Waals surface area contributed by atoms with Crippen molar-refractivity contribution in [3.8, 4) is 0 Å². The summed E-state index contributed by atoms with van der Waals surface area (Å²) in [6, 6.07) is 0. The summed E-state index contributed by atoms with van der Waals surface area (Å²) < 4.78 is 31.0. The molecule has 1 fully saturated rings. The van der Waals surface area contributed by atoms with E-state index in [2.05, 4.69) is 0 Å². The molecule has 0 aromatic carbocycles. The van der Waals surface area contributed by atoms with Crippen LogP contribution in [0.3, 0.4) is 0 Å². The molecule has 0 bridgehead atoms. The highest BCUT2D eigenvalue weighted by Gasteiger charge is 2.41. The molecule has 8 nitrogen and oxygen atoms in total. The van der Waals surface area contributed by atoms with Crippen molar-refractivity contribution in [2.24, 2.45) is 0 Å². The quantitative estimate of drug-likeness (QED) is 0.492. The number of likely N-dealkylation sites (tertiary alicyclic amines) is 1. The van der Waals surface area contributed by atoms with Gasteiger partial charge in [0.15, 0.2) is 5.37 Å². The Kier molecular flexibility index (Phi) is 3.83. The fourth-order valence-corrected chi connectivity index (χ4v) is 2.49. The number of amides is 2. The molecule has 1 atom stereocenters. The number of aliphatic carboxylic acids is 1. The van der Waals surface area contributed by atoms with Crippen LogP contribution in [0.25, 0.3) is 0 Å². The minimum Gasteiger partial charge on any atom is -0.481 e. The summed E-state index contributed by atoms with van der Waals surface area (Å²) in [5, 5.41) is 6.63. The summed E-state index contributed by atoms with van der Waals surface area (Å²) in [6.45, 7) is 0. The predicted molar refractivity (Wildman–Crippen MR) is 53.3 cm³/mol. The molecule has 0 aromatic heterocycles. The number of carboxylic acid groups (broad SMARTS) is 1. The summed E-state index contributed by atoms with van der Waals surface area (Å²) in [6.07, 6.45) is -1.34. The van der Waals surface area contributed by atoms with Gasteiger partial charge in [-0.25, -0.2) is 0 Å². The maximum atomic E-state index is 11.3. The van der Waals surface area contributed by atoms with E-state index in [0.717, 1.165) is 0 Å². The Morgan fingerprint density at radius 2 is 1.76 bits per heavy atom. The first-order valence-electron chi connectivity index (χ1n) is 4.76. The highest BCUT2D eigenvalue weighted by molar-refractivity contribution is 7.86. The maximum absolute atomic E-state index is 11.3. The van der Waals surface area contributed by atoms with E-state index in [1.165, 1.54) is 0 Å². The van der Waals surface area contributed by atoms with Gasteiger partial charge in [0.2, 0.25) is 11.8 Å². The fourth-order valence-electron chi connectivity index (χ4n) is 1.57. The predicted octanol–water partition coefficient (Wildman–Crippen LogP) is -0.786. The van der Waals surface area contributed by atoms with E-state index >= 15 is 0 Å². The first kappa shape index (κ1) is 13.6. The Morgan fingerprint density at radius 1 is 1.29 bits per heavy atom. The number of carbonyl (C=O) groups excluding carboxylic acids is 2. The topological polar surface area (TPSA) is 129 Å². The normalized spacial score (nSPS) is 18.5.